The zero-order chi connectivity index (χ0) is 19.2. The zero-order valence-corrected chi connectivity index (χ0v) is 16.1. The van der Waals surface area contributed by atoms with Crippen LogP contribution in [0, 0.1) is 12.7 Å². The third-order valence-electron chi connectivity index (χ3n) is 5.33. The molecule has 1 heterocycles. The molecule has 0 aromatic heterocycles. The van der Waals surface area contributed by atoms with E-state index in [1.807, 2.05) is 13.0 Å². The topological polar surface area (TPSA) is 35.6 Å². The van der Waals surface area contributed by atoms with Crippen LogP contribution in [0.15, 0.2) is 48.5 Å². The maximum absolute atomic E-state index is 13.7. The van der Waals surface area contributed by atoms with Gasteiger partial charge in [0, 0.05) is 38.4 Å². The predicted octanol–water partition coefficient (Wildman–Crippen LogP) is 3.32. The summed E-state index contributed by atoms with van der Waals surface area (Å²) in [6.45, 7) is 8.33. The van der Waals surface area contributed by atoms with Crippen molar-refractivity contribution < 1.29 is 9.18 Å². The van der Waals surface area contributed by atoms with E-state index in [9.17, 15) is 9.18 Å². The summed E-state index contributed by atoms with van der Waals surface area (Å²) in [5.41, 5.74) is 2.45. The van der Waals surface area contributed by atoms with Crippen molar-refractivity contribution >= 4 is 11.6 Å². The van der Waals surface area contributed by atoms with Gasteiger partial charge in [0.15, 0.2) is 0 Å². The predicted molar refractivity (Wildman–Crippen MR) is 107 cm³/mol. The Bertz CT molecular complexity index is 757. The number of rotatable bonds is 6. The van der Waals surface area contributed by atoms with Crippen molar-refractivity contribution in [3.05, 3.63) is 65.5 Å². The number of hydrogen-bond donors (Lipinski definition) is 1. The lowest BCUT2D eigenvalue weighted by Gasteiger charge is -2.37. The van der Waals surface area contributed by atoms with Gasteiger partial charge in [-0.15, -0.1) is 0 Å². The van der Waals surface area contributed by atoms with E-state index in [0.717, 1.165) is 39.1 Å². The summed E-state index contributed by atoms with van der Waals surface area (Å²) in [6.07, 6.45) is 1.05. The minimum absolute atomic E-state index is 0.0870. The molecule has 144 valence electrons. The Hall–Kier alpha value is -2.24. The Kier molecular flexibility index (Phi) is 6.58. The van der Waals surface area contributed by atoms with E-state index >= 15 is 0 Å². The van der Waals surface area contributed by atoms with Crippen molar-refractivity contribution in [1.82, 2.24) is 9.80 Å². The lowest BCUT2D eigenvalue weighted by molar-refractivity contribution is -0.121. The molecule has 0 aliphatic carbocycles. The summed E-state index contributed by atoms with van der Waals surface area (Å²) in [6, 6.07) is 15.1. The summed E-state index contributed by atoms with van der Waals surface area (Å²) < 4.78 is 13.7. The van der Waals surface area contributed by atoms with Crippen LogP contribution in [-0.4, -0.2) is 54.5 Å². The highest BCUT2D eigenvalue weighted by molar-refractivity contribution is 5.94. The fraction of sp³-hybridized carbons (Fsp3) is 0.409. The van der Waals surface area contributed by atoms with Gasteiger partial charge in [0.2, 0.25) is 5.91 Å². The van der Waals surface area contributed by atoms with Crippen LogP contribution in [0.3, 0.4) is 0 Å². The number of anilines is 1. The van der Waals surface area contributed by atoms with Gasteiger partial charge in [-0.05, 0) is 43.5 Å². The molecule has 4 nitrogen and oxygen atoms in total. The van der Waals surface area contributed by atoms with Crippen LogP contribution < -0.4 is 5.32 Å². The molecule has 1 atom stereocenters. The third kappa shape index (κ3) is 5.37. The van der Waals surface area contributed by atoms with Gasteiger partial charge in [-0.3, -0.25) is 9.69 Å². The largest absolute Gasteiger partial charge is 0.325 e. The van der Waals surface area contributed by atoms with Crippen molar-refractivity contribution in [3.63, 3.8) is 0 Å². The van der Waals surface area contributed by atoms with E-state index < -0.39 is 0 Å². The monoisotopic (exact) mass is 369 g/mol. The second-order valence-corrected chi connectivity index (χ2v) is 7.24. The van der Waals surface area contributed by atoms with Crippen LogP contribution in [0.1, 0.15) is 18.1 Å². The molecule has 0 unspecified atom stereocenters. The van der Waals surface area contributed by atoms with Crippen molar-refractivity contribution in [2.24, 2.45) is 0 Å². The van der Waals surface area contributed by atoms with Gasteiger partial charge in [0.05, 0.1) is 6.04 Å². The van der Waals surface area contributed by atoms with Crippen molar-refractivity contribution in [3.8, 4) is 0 Å². The van der Waals surface area contributed by atoms with E-state index in [2.05, 4.69) is 39.4 Å². The van der Waals surface area contributed by atoms with Crippen LogP contribution in [-0.2, 0) is 11.2 Å². The number of nitrogens with one attached hydrogen (secondary N) is 1. The fourth-order valence-electron chi connectivity index (χ4n) is 3.39. The number of nitrogens with zero attached hydrogens (tertiary/aromatic N) is 2. The smallest absolute Gasteiger partial charge is 0.241 e. The number of piperazine rings is 1. The van der Waals surface area contributed by atoms with Gasteiger partial charge >= 0.3 is 0 Å². The zero-order valence-electron chi connectivity index (χ0n) is 16.1. The van der Waals surface area contributed by atoms with Gasteiger partial charge in [0.25, 0.3) is 0 Å². The number of carbonyl (C=O) groups excluding carboxylic acids is 1. The second-order valence-electron chi connectivity index (χ2n) is 7.24. The van der Waals surface area contributed by atoms with Crippen molar-refractivity contribution in [1.29, 1.82) is 0 Å². The van der Waals surface area contributed by atoms with Gasteiger partial charge in [-0.25, -0.2) is 4.39 Å². The van der Waals surface area contributed by atoms with E-state index in [4.69, 9.17) is 0 Å². The highest BCUT2D eigenvalue weighted by atomic mass is 19.1. The Morgan fingerprint density at radius 2 is 1.81 bits per heavy atom. The van der Waals surface area contributed by atoms with Gasteiger partial charge in [0.1, 0.15) is 5.82 Å². The highest BCUT2D eigenvalue weighted by Crippen LogP contribution is 2.15. The molecule has 0 spiro atoms. The molecule has 1 N–H and O–H groups in total. The molecule has 1 aliphatic rings. The van der Waals surface area contributed by atoms with Gasteiger partial charge in [-0.1, -0.05) is 36.4 Å². The quantitative estimate of drug-likeness (QED) is 0.848. The van der Waals surface area contributed by atoms with Crippen molar-refractivity contribution in [2.75, 3.05) is 38.0 Å². The Morgan fingerprint density at radius 3 is 2.48 bits per heavy atom. The molecular formula is C22H28FN3O. The lowest BCUT2D eigenvalue weighted by atomic mass is 10.1. The van der Waals surface area contributed by atoms with Crippen LogP contribution in [0.5, 0.6) is 0 Å². The molecule has 2 aromatic carbocycles. The number of halogens is 1. The highest BCUT2D eigenvalue weighted by Gasteiger charge is 2.25. The molecule has 1 aliphatic heterocycles. The normalized spacial score (nSPS) is 16.9. The Labute approximate surface area is 161 Å². The molecule has 1 saturated heterocycles. The van der Waals surface area contributed by atoms with Crippen LogP contribution in [0.25, 0.3) is 0 Å². The summed E-state index contributed by atoms with van der Waals surface area (Å²) in [7, 11) is 0. The lowest BCUT2D eigenvalue weighted by Crippen LogP contribution is -2.53. The standard InChI is InChI=1S/C22H28FN3O/c1-17-8-9-20(16-21(17)23)24-22(27)18(2)26-14-12-25(13-15-26)11-10-19-6-4-3-5-7-19/h3-9,16,18H,10-15H2,1-2H3,(H,24,27)/t18-/m1/s1. The molecule has 0 saturated carbocycles. The minimum atomic E-state index is -0.299. The maximum Gasteiger partial charge on any atom is 0.241 e. The first kappa shape index (κ1) is 19.5. The van der Waals surface area contributed by atoms with E-state index in [1.54, 1.807) is 19.1 Å². The molecule has 2 aromatic rings. The third-order valence-corrected chi connectivity index (χ3v) is 5.33. The van der Waals surface area contributed by atoms with Crippen LogP contribution in [0.2, 0.25) is 0 Å². The van der Waals surface area contributed by atoms with E-state index in [1.165, 1.54) is 11.6 Å². The molecule has 27 heavy (non-hydrogen) atoms. The van der Waals surface area contributed by atoms with Crippen LogP contribution in [0.4, 0.5) is 10.1 Å². The van der Waals surface area contributed by atoms with Crippen molar-refractivity contribution in [2.45, 2.75) is 26.3 Å². The number of hydrogen-bond acceptors (Lipinski definition) is 3. The number of amides is 1. The molecular weight excluding hydrogens is 341 g/mol. The average molecular weight is 369 g/mol. The van der Waals surface area contributed by atoms with E-state index in [-0.39, 0.29) is 17.8 Å². The molecule has 1 fully saturated rings. The fourth-order valence-corrected chi connectivity index (χ4v) is 3.39. The van der Waals surface area contributed by atoms with E-state index in [0.29, 0.717) is 11.3 Å². The minimum Gasteiger partial charge on any atom is -0.325 e. The summed E-state index contributed by atoms with van der Waals surface area (Å²) in [5.74, 6) is -0.386. The Morgan fingerprint density at radius 1 is 1.11 bits per heavy atom. The molecule has 0 bridgehead atoms. The first-order valence-electron chi connectivity index (χ1n) is 9.60. The number of carbonyl (C=O) groups is 1. The summed E-state index contributed by atoms with van der Waals surface area (Å²) in [5, 5.41) is 2.83. The van der Waals surface area contributed by atoms with Gasteiger partial charge in [-0.2, -0.15) is 0 Å². The SMILES string of the molecule is Cc1ccc(NC(=O)[C@@H](C)N2CCN(CCc3ccccc3)CC2)cc1F. The van der Waals surface area contributed by atoms with Crippen LogP contribution >= 0.6 is 0 Å². The average Bonchev–Trinajstić information content (AvgIpc) is 2.70. The molecule has 3 rings (SSSR count). The molecule has 0 radical (unpaired) electrons. The maximum atomic E-state index is 13.7. The first-order chi connectivity index (χ1) is 13.0. The second kappa shape index (κ2) is 9.11. The Balaban J connectivity index is 1.45. The summed E-state index contributed by atoms with van der Waals surface area (Å²) >= 11 is 0. The number of aryl methyl sites for hydroxylation is 1. The number of benzene rings is 2. The molecule has 1 amide bonds. The summed E-state index contributed by atoms with van der Waals surface area (Å²) in [4.78, 5) is 17.2. The first-order valence-corrected chi connectivity index (χ1v) is 9.60. The van der Waals surface area contributed by atoms with Gasteiger partial charge < -0.3 is 10.2 Å². The molecule has 5 heteroatoms.